The van der Waals surface area contributed by atoms with Crippen molar-refractivity contribution in [1.29, 1.82) is 0 Å². The molecule has 2 heterocycles. The van der Waals surface area contributed by atoms with Crippen LogP contribution in [0.3, 0.4) is 0 Å². The van der Waals surface area contributed by atoms with E-state index in [4.69, 9.17) is 4.74 Å². The molecule has 2 aromatic carbocycles. The standard InChI is InChI=1S/C23H20N4O5S/c1-2-32-16-11-17(13-7-4-3-5-8-13)33-20(16)23(31)24-12-18(28)25-15-10-6-9-14-19(15)22(30)27-26-21(14)29/h3-11H,2,12H2,1H3,(H,24,31)(H,25,28)(H,26,29)(H,27,30). The molecule has 4 N–H and O–H groups in total. The van der Waals surface area contributed by atoms with E-state index in [1.54, 1.807) is 12.1 Å². The zero-order valence-electron chi connectivity index (χ0n) is 17.6. The molecule has 2 amide bonds. The number of H-pyrrole nitrogens is 2. The highest BCUT2D eigenvalue weighted by atomic mass is 32.1. The highest BCUT2D eigenvalue weighted by Crippen LogP contribution is 2.36. The Kier molecular flexibility index (Phi) is 6.36. The molecule has 0 bridgehead atoms. The van der Waals surface area contributed by atoms with Crippen molar-refractivity contribution < 1.29 is 14.3 Å². The first-order chi connectivity index (χ1) is 16.0. The molecule has 33 heavy (non-hydrogen) atoms. The third-order valence-electron chi connectivity index (χ3n) is 4.77. The predicted molar refractivity (Wildman–Crippen MR) is 127 cm³/mol. The second-order valence-electron chi connectivity index (χ2n) is 6.97. The molecule has 4 rings (SSSR count). The summed E-state index contributed by atoms with van der Waals surface area (Å²) in [6, 6.07) is 16.0. The smallest absolute Gasteiger partial charge is 0.272 e. The van der Waals surface area contributed by atoms with Crippen LogP contribution >= 0.6 is 11.3 Å². The second-order valence-corrected chi connectivity index (χ2v) is 8.02. The van der Waals surface area contributed by atoms with Crippen molar-refractivity contribution in [2.75, 3.05) is 18.5 Å². The molecule has 0 aliphatic heterocycles. The van der Waals surface area contributed by atoms with Gasteiger partial charge < -0.3 is 15.4 Å². The average Bonchev–Trinajstić information content (AvgIpc) is 3.25. The van der Waals surface area contributed by atoms with Crippen LogP contribution in [0.2, 0.25) is 0 Å². The van der Waals surface area contributed by atoms with Gasteiger partial charge in [-0.3, -0.25) is 29.4 Å². The van der Waals surface area contributed by atoms with Crippen molar-refractivity contribution in [3.8, 4) is 16.2 Å². The Balaban J connectivity index is 1.50. The Labute approximate surface area is 191 Å². The maximum absolute atomic E-state index is 12.8. The molecule has 0 aliphatic rings. The number of ether oxygens (including phenoxy) is 1. The van der Waals surface area contributed by atoms with Gasteiger partial charge >= 0.3 is 0 Å². The number of thiophene rings is 1. The van der Waals surface area contributed by atoms with Crippen LogP contribution in [0.4, 0.5) is 5.69 Å². The van der Waals surface area contributed by atoms with Crippen LogP contribution in [-0.2, 0) is 4.79 Å². The fraction of sp³-hybridized carbons (Fsp3) is 0.130. The molecule has 10 heteroatoms. The molecular weight excluding hydrogens is 444 g/mol. The normalized spacial score (nSPS) is 10.7. The van der Waals surface area contributed by atoms with Gasteiger partial charge in [0.05, 0.1) is 29.6 Å². The van der Waals surface area contributed by atoms with Gasteiger partial charge in [0.2, 0.25) is 5.91 Å². The summed E-state index contributed by atoms with van der Waals surface area (Å²) in [6.07, 6.45) is 0. The lowest BCUT2D eigenvalue weighted by atomic mass is 10.1. The SMILES string of the molecule is CCOc1cc(-c2ccccc2)sc1C(=O)NCC(=O)Nc1cccc2c(=O)[nH][nH]c(=O)c12. The number of carbonyl (C=O) groups is 2. The molecule has 0 unspecified atom stereocenters. The van der Waals surface area contributed by atoms with Crippen LogP contribution < -0.4 is 26.5 Å². The van der Waals surface area contributed by atoms with Crippen molar-refractivity contribution >= 4 is 39.6 Å². The number of anilines is 1. The Morgan fingerprint density at radius 2 is 1.76 bits per heavy atom. The minimum atomic E-state index is -0.548. The van der Waals surface area contributed by atoms with E-state index in [-0.39, 0.29) is 23.0 Å². The number of carbonyl (C=O) groups excluding carboxylic acids is 2. The molecule has 0 fully saturated rings. The molecule has 0 saturated heterocycles. The lowest BCUT2D eigenvalue weighted by Crippen LogP contribution is -2.33. The van der Waals surface area contributed by atoms with E-state index in [1.807, 2.05) is 37.3 Å². The lowest BCUT2D eigenvalue weighted by molar-refractivity contribution is -0.115. The first-order valence-corrected chi connectivity index (χ1v) is 10.9. The van der Waals surface area contributed by atoms with Crippen LogP contribution in [0, 0.1) is 0 Å². The average molecular weight is 465 g/mol. The van der Waals surface area contributed by atoms with Crippen molar-refractivity contribution in [1.82, 2.24) is 15.5 Å². The third kappa shape index (κ3) is 4.70. The van der Waals surface area contributed by atoms with Crippen molar-refractivity contribution in [3.63, 3.8) is 0 Å². The highest BCUT2D eigenvalue weighted by molar-refractivity contribution is 7.17. The molecule has 4 aromatic rings. The summed E-state index contributed by atoms with van der Waals surface area (Å²) < 4.78 is 5.61. The third-order valence-corrected chi connectivity index (χ3v) is 5.94. The minimum Gasteiger partial charge on any atom is -0.492 e. The van der Waals surface area contributed by atoms with Gasteiger partial charge in [0, 0.05) is 4.88 Å². The number of hydrogen-bond donors (Lipinski definition) is 4. The van der Waals surface area contributed by atoms with E-state index < -0.39 is 22.9 Å². The summed E-state index contributed by atoms with van der Waals surface area (Å²) in [5, 5.41) is 9.84. The number of hydrogen-bond acceptors (Lipinski definition) is 6. The molecule has 0 radical (unpaired) electrons. The summed E-state index contributed by atoms with van der Waals surface area (Å²) in [5.41, 5.74) is 0.107. The molecule has 2 aromatic heterocycles. The fourth-order valence-electron chi connectivity index (χ4n) is 3.31. The quantitative estimate of drug-likeness (QED) is 0.334. The van der Waals surface area contributed by atoms with Gasteiger partial charge in [0.15, 0.2) is 0 Å². The van der Waals surface area contributed by atoms with E-state index in [9.17, 15) is 19.2 Å². The fourth-order valence-corrected chi connectivity index (χ4v) is 4.33. The van der Waals surface area contributed by atoms with Gasteiger partial charge in [-0.2, -0.15) is 0 Å². The van der Waals surface area contributed by atoms with E-state index in [0.717, 1.165) is 10.4 Å². The van der Waals surface area contributed by atoms with Crippen LogP contribution in [0.15, 0.2) is 64.2 Å². The van der Waals surface area contributed by atoms with Gasteiger partial charge in [0.1, 0.15) is 10.6 Å². The summed E-state index contributed by atoms with van der Waals surface area (Å²) in [7, 11) is 0. The maximum Gasteiger partial charge on any atom is 0.272 e. The number of fused-ring (bicyclic) bond motifs is 1. The van der Waals surface area contributed by atoms with Crippen LogP contribution in [-0.4, -0.2) is 35.2 Å². The van der Waals surface area contributed by atoms with Crippen molar-refractivity contribution in [2.45, 2.75) is 6.92 Å². The molecule has 168 valence electrons. The van der Waals surface area contributed by atoms with E-state index in [0.29, 0.717) is 17.2 Å². The van der Waals surface area contributed by atoms with Gasteiger partial charge in [0.25, 0.3) is 17.0 Å². The number of rotatable bonds is 7. The number of amides is 2. The predicted octanol–water partition coefficient (Wildman–Crippen LogP) is 2.71. The van der Waals surface area contributed by atoms with Gasteiger partial charge in [-0.1, -0.05) is 36.4 Å². The topological polar surface area (TPSA) is 133 Å². The van der Waals surface area contributed by atoms with Gasteiger partial charge in [-0.15, -0.1) is 11.3 Å². The van der Waals surface area contributed by atoms with Gasteiger partial charge in [-0.25, -0.2) is 0 Å². The molecular formula is C23H20N4O5S. The second kappa shape index (κ2) is 9.53. The summed E-state index contributed by atoms with van der Waals surface area (Å²) in [6.45, 7) is 1.88. The van der Waals surface area contributed by atoms with E-state index >= 15 is 0 Å². The molecule has 0 aliphatic carbocycles. The number of aromatic nitrogens is 2. The van der Waals surface area contributed by atoms with Crippen LogP contribution in [0.1, 0.15) is 16.6 Å². The summed E-state index contributed by atoms with van der Waals surface area (Å²) in [4.78, 5) is 50.6. The van der Waals surface area contributed by atoms with Crippen molar-refractivity contribution in [3.05, 3.63) is 80.2 Å². The van der Waals surface area contributed by atoms with Crippen LogP contribution in [0.25, 0.3) is 21.2 Å². The Hall–Kier alpha value is -4.18. The molecule has 0 saturated carbocycles. The molecule has 0 atom stereocenters. The Morgan fingerprint density at radius 3 is 2.52 bits per heavy atom. The summed E-state index contributed by atoms with van der Waals surface area (Å²) >= 11 is 1.27. The Morgan fingerprint density at radius 1 is 1.00 bits per heavy atom. The first kappa shape index (κ1) is 22.0. The molecule has 0 spiro atoms. The molecule has 9 nitrogen and oxygen atoms in total. The zero-order chi connectivity index (χ0) is 23.4. The van der Waals surface area contributed by atoms with E-state index in [1.165, 1.54) is 23.5 Å². The maximum atomic E-state index is 12.8. The Bertz CT molecular complexity index is 1440. The monoisotopic (exact) mass is 464 g/mol. The van der Waals surface area contributed by atoms with Gasteiger partial charge in [-0.05, 0) is 30.7 Å². The van der Waals surface area contributed by atoms with E-state index in [2.05, 4.69) is 20.8 Å². The van der Waals surface area contributed by atoms with Crippen molar-refractivity contribution in [2.24, 2.45) is 0 Å². The highest BCUT2D eigenvalue weighted by Gasteiger charge is 2.19. The first-order valence-electron chi connectivity index (χ1n) is 10.1. The minimum absolute atomic E-state index is 0.0605. The number of aromatic amines is 2. The number of benzene rings is 2. The number of nitrogens with one attached hydrogen (secondary N) is 4. The van der Waals surface area contributed by atoms with Crippen LogP contribution in [0.5, 0.6) is 5.75 Å². The zero-order valence-corrected chi connectivity index (χ0v) is 18.4. The summed E-state index contributed by atoms with van der Waals surface area (Å²) in [5.74, 6) is -0.555. The lowest BCUT2D eigenvalue weighted by Gasteiger charge is -2.09. The largest absolute Gasteiger partial charge is 0.492 e.